The quantitative estimate of drug-likeness (QED) is 0.0211. The van der Waals surface area contributed by atoms with Crippen LogP contribution in [0.1, 0.15) is 361 Å². The Kier molecular flexibility index (Phi) is 69.5. The smallest absolute Gasteiger partial charge is 0.361 e. The van der Waals surface area contributed by atoms with Crippen molar-refractivity contribution in [3.05, 3.63) is 85.1 Å². The van der Waals surface area contributed by atoms with E-state index in [9.17, 15) is 19.5 Å². The van der Waals surface area contributed by atoms with Crippen molar-refractivity contribution >= 4 is 17.9 Å². The van der Waals surface area contributed by atoms with Crippen molar-refractivity contribution in [1.82, 2.24) is 0 Å². The Bertz CT molecular complexity index is 1770. The summed E-state index contributed by atoms with van der Waals surface area (Å²) >= 11 is 0. The first kappa shape index (κ1) is 87.5. The number of likely N-dealkylation sites (N-methyl/N-ethyl adjacent to an activating group) is 1. The summed E-state index contributed by atoms with van der Waals surface area (Å²) in [6, 6.07) is 0. The second kappa shape index (κ2) is 72.3. The van der Waals surface area contributed by atoms with Gasteiger partial charge in [-0.15, -0.1) is 0 Å². The number of quaternary nitrogens is 1. The minimum absolute atomic E-state index is 0.182. The molecule has 0 rings (SSSR count). The molecule has 2 atom stereocenters. The van der Waals surface area contributed by atoms with Gasteiger partial charge in [-0.3, -0.25) is 9.59 Å². The fraction of sp³-hybridized carbons (Fsp3) is 0.793. The van der Waals surface area contributed by atoms with Gasteiger partial charge in [-0.2, -0.15) is 0 Å². The number of unbranched alkanes of at least 4 members (excludes halogenated alkanes) is 43. The molecule has 0 aliphatic rings. The van der Waals surface area contributed by atoms with Gasteiger partial charge in [0.05, 0.1) is 34.4 Å². The highest BCUT2D eigenvalue weighted by Crippen LogP contribution is 2.19. The van der Waals surface area contributed by atoms with E-state index in [0.717, 1.165) is 77.0 Å². The number of carboxylic acid groups (broad SMARTS) is 1. The maximum atomic E-state index is 13.0. The number of carboxylic acids is 1. The first-order valence-corrected chi connectivity index (χ1v) is 38.8. The molecular formula is C82H148NO8+. The van der Waals surface area contributed by atoms with E-state index in [1.165, 1.54) is 257 Å². The van der Waals surface area contributed by atoms with E-state index >= 15 is 0 Å². The summed E-state index contributed by atoms with van der Waals surface area (Å²) in [7, 11) is 5.99. The molecule has 0 aliphatic heterocycles. The van der Waals surface area contributed by atoms with E-state index < -0.39 is 18.4 Å². The highest BCUT2D eigenvalue weighted by Gasteiger charge is 2.25. The third-order valence-electron chi connectivity index (χ3n) is 17.1. The molecule has 0 spiro atoms. The number of hydrogen-bond acceptors (Lipinski definition) is 7. The molecular weight excluding hydrogens is 1130 g/mol. The van der Waals surface area contributed by atoms with Gasteiger partial charge in [0.15, 0.2) is 6.10 Å². The zero-order valence-corrected chi connectivity index (χ0v) is 60.5. The second-order valence-electron chi connectivity index (χ2n) is 27.3. The highest BCUT2D eigenvalue weighted by molar-refractivity contribution is 5.71. The van der Waals surface area contributed by atoms with Gasteiger partial charge in [-0.05, 0) is 89.9 Å². The van der Waals surface area contributed by atoms with Crippen LogP contribution in [0.2, 0.25) is 0 Å². The lowest BCUT2D eigenvalue weighted by Crippen LogP contribution is -2.40. The topological polar surface area (TPSA) is 108 Å². The van der Waals surface area contributed by atoms with Crippen molar-refractivity contribution in [2.45, 2.75) is 373 Å². The standard InChI is InChI=1S/C82H147NO8/c1-6-8-10-12-14-16-18-20-22-24-26-28-30-32-33-34-35-36-37-38-39-40-41-42-43-44-45-46-47-49-51-53-55-57-59-61-63-65-67-69-71-73-80(85)91-78(77-90-82(81(86)87)88-75-74-83(3,4)5)76-89-79(84)72-70-68-66-64-62-60-58-56-54-52-50-48-31-29-27-25-23-21-19-17-15-13-11-9-7-2/h8,10,14,16,19-22,25-28,31,48,78,82H,6-7,9,11-13,15,17-18,23-24,29-30,32-47,49-77H2,1-5H3/p+1/b10-8-,16-14-,21-19-,22-20-,27-25-,28-26-,48-31-. The Morgan fingerprint density at radius 1 is 0.341 bits per heavy atom. The summed E-state index contributed by atoms with van der Waals surface area (Å²) in [5.74, 6) is -1.99. The van der Waals surface area contributed by atoms with Crippen molar-refractivity contribution in [3.8, 4) is 0 Å². The fourth-order valence-electron chi connectivity index (χ4n) is 11.3. The number of carbonyl (C=O) groups is 3. The molecule has 0 aromatic heterocycles. The first-order chi connectivity index (χ1) is 44.6. The van der Waals surface area contributed by atoms with E-state index in [-0.39, 0.29) is 38.2 Å². The number of hydrogen-bond donors (Lipinski definition) is 1. The molecule has 0 heterocycles. The number of esters is 2. The molecule has 0 amide bonds. The Hall–Kier alpha value is -3.53. The van der Waals surface area contributed by atoms with Crippen LogP contribution in [0.5, 0.6) is 0 Å². The van der Waals surface area contributed by atoms with Crippen molar-refractivity contribution in [2.24, 2.45) is 0 Å². The largest absolute Gasteiger partial charge is 0.477 e. The predicted molar refractivity (Wildman–Crippen MR) is 392 cm³/mol. The van der Waals surface area contributed by atoms with E-state index in [4.69, 9.17) is 18.9 Å². The van der Waals surface area contributed by atoms with Gasteiger partial charge in [-0.1, -0.05) is 343 Å². The molecule has 0 aromatic rings. The maximum Gasteiger partial charge on any atom is 0.361 e. The summed E-state index contributed by atoms with van der Waals surface area (Å²) in [6.45, 7) is 4.80. The van der Waals surface area contributed by atoms with Crippen LogP contribution in [0, 0.1) is 0 Å². The number of ether oxygens (including phenoxy) is 4. The van der Waals surface area contributed by atoms with Crippen molar-refractivity contribution < 1.29 is 42.9 Å². The molecule has 0 saturated carbocycles. The van der Waals surface area contributed by atoms with Crippen LogP contribution in [0.4, 0.5) is 0 Å². The molecule has 91 heavy (non-hydrogen) atoms. The van der Waals surface area contributed by atoms with Crippen LogP contribution in [0.15, 0.2) is 85.1 Å². The lowest BCUT2D eigenvalue weighted by Gasteiger charge is -2.25. The molecule has 1 N–H and O–H groups in total. The number of nitrogens with zero attached hydrogens (tertiary/aromatic N) is 1. The average molecular weight is 1280 g/mol. The van der Waals surface area contributed by atoms with Crippen LogP contribution >= 0.6 is 0 Å². The van der Waals surface area contributed by atoms with Crippen molar-refractivity contribution in [1.29, 1.82) is 0 Å². The van der Waals surface area contributed by atoms with E-state index in [1.54, 1.807) is 0 Å². The Morgan fingerprint density at radius 3 is 0.934 bits per heavy atom. The SMILES string of the molecule is CC/C=C\C/C=C\C/C=C\C/C=C\CCCCCCCCCCCCCCCCCCCCCCCCCCCCCCC(=O)OC(COC(=O)CCCCCCCCCCCC/C=C\C/C=C\C/C=C\CCCCCCC)COC(OCC[N+](C)(C)C)C(=O)O. The van der Waals surface area contributed by atoms with Crippen molar-refractivity contribution in [2.75, 3.05) is 47.5 Å². The zero-order valence-electron chi connectivity index (χ0n) is 60.5. The van der Waals surface area contributed by atoms with Gasteiger partial charge >= 0.3 is 17.9 Å². The summed E-state index contributed by atoms with van der Waals surface area (Å²) in [6.07, 6.45) is 95.9. The predicted octanol–water partition coefficient (Wildman–Crippen LogP) is 24.6. The average Bonchev–Trinajstić information content (AvgIpc) is 3.53. The summed E-state index contributed by atoms with van der Waals surface area (Å²) in [5, 5.41) is 9.76. The van der Waals surface area contributed by atoms with Gasteiger partial charge in [0.1, 0.15) is 13.2 Å². The van der Waals surface area contributed by atoms with Crippen LogP contribution in [-0.4, -0.2) is 87.4 Å². The summed E-state index contributed by atoms with van der Waals surface area (Å²) < 4.78 is 23.0. The van der Waals surface area contributed by atoms with Gasteiger partial charge in [0.2, 0.25) is 0 Å². The van der Waals surface area contributed by atoms with Gasteiger partial charge < -0.3 is 28.5 Å². The molecule has 9 heteroatoms. The van der Waals surface area contributed by atoms with E-state index in [1.807, 2.05) is 21.1 Å². The number of allylic oxidation sites excluding steroid dienone is 14. The fourth-order valence-corrected chi connectivity index (χ4v) is 11.3. The Morgan fingerprint density at radius 2 is 0.626 bits per heavy atom. The van der Waals surface area contributed by atoms with Crippen LogP contribution in [-0.2, 0) is 33.3 Å². The van der Waals surface area contributed by atoms with Gasteiger partial charge in [0, 0.05) is 12.8 Å². The third kappa shape index (κ3) is 73.7. The molecule has 0 fully saturated rings. The molecule has 2 unspecified atom stereocenters. The van der Waals surface area contributed by atoms with Gasteiger partial charge in [-0.25, -0.2) is 4.79 Å². The molecule has 0 saturated heterocycles. The Labute approximate surface area is 563 Å². The maximum absolute atomic E-state index is 13.0. The van der Waals surface area contributed by atoms with Crippen LogP contribution in [0.25, 0.3) is 0 Å². The molecule has 528 valence electrons. The minimum atomic E-state index is -1.51. The Balaban J connectivity index is 3.97. The van der Waals surface area contributed by atoms with E-state index in [2.05, 4.69) is 98.9 Å². The molecule has 0 radical (unpaired) electrons. The highest BCUT2D eigenvalue weighted by atomic mass is 16.7. The van der Waals surface area contributed by atoms with Crippen molar-refractivity contribution in [3.63, 3.8) is 0 Å². The number of rotatable bonds is 72. The van der Waals surface area contributed by atoms with Gasteiger partial charge in [0.25, 0.3) is 6.29 Å². The monoisotopic (exact) mass is 1280 g/mol. The lowest BCUT2D eigenvalue weighted by molar-refractivity contribution is -0.870. The normalized spacial score (nSPS) is 13.1. The molecule has 0 bridgehead atoms. The summed E-state index contributed by atoms with van der Waals surface area (Å²) in [5.41, 5.74) is 0. The number of aliphatic carboxylic acids is 1. The second-order valence-corrected chi connectivity index (χ2v) is 27.3. The van der Waals surface area contributed by atoms with Crippen LogP contribution < -0.4 is 0 Å². The lowest BCUT2D eigenvalue weighted by atomic mass is 10.0. The molecule has 9 nitrogen and oxygen atoms in total. The molecule has 0 aromatic carbocycles. The van der Waals surface area contributed by atoms with Crippen LogP contribution in [0.3, 0.4) is 0 Å². The molecule has 0 aliphatic carbocycles. The first-order valence-electron chi connectivity index (χ1n) is 38.8. The summed E-state index contributed by atoms with van der Waals surface area (Å²) in [4.78, 5) is 37.7. The van der Waals surface area contributed by atoms with E-state index in [0.29, 0.717) is 17.4 Å². The number of carbonyl (C=O) groups excluding carboxylic acids is 2. The zero-order chi connectivity index (χ0) is 66.1. The minimum Gasteiger partial charge on any atom is -0.477 e. The third-order valence-corrected chi connectivity index (χ3v) is 17.1.